The van der Waals surface area contributed by atoms with E-state index in [1.54, 1.807) is 42.7 Å². The number of hydrogen-bond acceptors (Lipinski definition) is 4. The first kappa shape index (κ1) is 15.7. The summed E-state index contributed by atoms with van der Waals surface area (Å²) in [5.74, 6) is 1.12. The molecule has 2 aromatic carbocycles. The van der Waals surface area contributed by atoms with Gasteiger partial charge in [0.2, 0.25) is 0 Å². The molecule has 0 radical (unpaired) electrons. The van der Waals surface area contributed by atoms with Crippen LogP contribution in [-0.2, 0) is 6.61 Å². The molecule has 0 N–H and O–H groups in total. The lowest BCUT2D eigenvalue weighted by molar-refractivity contribution is 0.0921. The first-order chi connectivity index (χ1) is 11.8. The van der Waals surface area contributed by atoms with Gasteiger partial charge in [-0.05, 0) is 29.8 Å². The Balaban J connectivity index is 1.59. The Hall–Kier alpha value is -3.14. The third-order valence-corrected chi connectivity index (χ3v) is 3.41. The van der Waals surface area contributed by atoms with Gasteiger partial charge in [-0.25, -0.2) is 0 Å². The van der Waals surface area contributed by atoms with Crippen molar-refractivity contribution in [2.24, 2.45) is 0 Å². The second kappa shape index (κ2) is 7.92. The number of ether oxygens (including phenoxy) is 2. The third-order valence-electron chi connectivity index (χ3n) is 3.41. The van der Waals surface area contributed by atoms with E-state index in [0.717, 1.165) is 5.56 Å². The van der Waals surface area contributed by atoms with Gasteiger partial charge >= 0.3 is 0 Å². The van der Waals surface area contributed by atoms with Gasteiger partial charge in [0.25, 0.3) is 0 Å². The maximum atomic E-state index is 12.2. The molecule has 0 aliphatic rings. The molecule has 120 valence electrons. The van der Waals surface area contributed by atoms with Crippen molar-refractivity contribution in [3.05, 3.63) is 90.3 Å². The molecule has 0 amide bonds. The number of benzene rings is 2. The molecule has 4 heteroatoms. The topological polar surface area (TPSA) is 48.4 Å². The number of nitrogens with zero attached hydrogens (tertiary/aromatic N) is 1. The lowest BCUT2D eigenvalue weighted by Gasteiger charge is -2.08. The third kappa shape index (κ3) is 4.43. The van der Waals surface area contributed by atoms with Crippen molar-refractivity contribution in [3.63, 3.8) is 0 Å². The van der Waals surface area contributed by atoms with Gasteiger partial charge in [-0.1, -0.05) is 42.5 Å². The number of Topliss-reactive ketones (excluding diaryl/α,β-unsaturated/α-hetero) is 1. The number of rotatable bonds is 7. The molecule has 4 nitrogen and oxygen atoms in total. The highest BCUT2D eigenvalue weighted by molar-refractivity contribution is 5.97. The predicted octanol–water partition coefficient (Wildman–Crippen LogP) is 3.92. The molecule has 3 rings (SSSR count). The highest BCUT2D eigenvalue weighted by Gasteiger charge is 2.08. The van der Waals surface area contributed by atoms with Gasteiger partial charge in [0.1, 0.15) is 18.1 Å². The highest BCUT2D eigenvalue weighted by Crippen LogP contribution is 2.16. The summed E-state index contributed by atoms with van der Waals surface area (Å²) in [4.78, 5) is 16.2. The molecule has 1 aromatic heterocycles. The highest BCUT2D eigenvalue weighted by atomic mass is 16.5. The van der Waals surface area contributed by atoms with Crippen molar-refractivity contribution < 1.29 is 14.3 Å². The largest absolute Gasteiger partial charge is 0.489 e. The van der Waals surface area contributed by atoms with Crippen molar-refractivity contribution in [1.29, 1.82) is 0 Å². The molecule has 0 bridgehead atoms. The fourth-order valence-electron chi connectivity index (χ4n) is 2.16. The number of ketones is 1. The molecule has 0 saturated heterocycles. The Labute approximate surface area is 140 Å². The molecule has 0 spiro atoms. The zero-order valence-corrected chi connectivity index (χ0v) is 13.1. The Morgan fingerprint density at radius 1 is 0.875 bits per heavy atom. The lowest BCUT2D eigenvalue weighted by atomic mass is 10.1. The normalized spacial score (nSPS) is 10.2. The minimum Gasteiger partial charge on any atom is -0.489 e. The Morgan fingerprint density at radius 2 is 1.71 bits per heavy atom. The summed E-state index contributed by atoms with van der Waals surface area (Å²) in [6.07, 6.45) is 3.23. The standard InChI is InChI=1S/C20H17NO3/c22-20(15-24-19-10-5-11-21-13-19)17-8-4-9-18(12-17)23-14-16-6-2-1-3-7-16/h1-13H,14-15H2. The summed E-state index contributed by atoms with van der Waals surface area (Å²) in [7, 11) is 0. The molecule has 3 aromatic rings. The Kier molecular flexibility index (Phi) is 5.20. The first-order valence-electron chi connectivity index (χ1n) is 7.64. The molecule has 24 heavy (non-hydrogen) atoms. The van der Waals surface area contributed by atoms with E-state index in [-0.39, 0.29) is 12.4 Å². The van der Waals surface area contributed by atoms with Crippen LogP contribution in [-0.4, -0.2) is 17.4 Å². The van der Waals surface area contributed by atoms with Gasteiger partial charge in [0, 0.05) is 11.8 Å². The Bertz CT molecular complexity index is 788. The first-order valence-corrected chi connectivity index (χ1v) is 7.64. The van der Waals surface area contributed by atoms with E-state index in [9.17, 15) is 4.79 Å². The van der Waals surface area contributed by atoms with E-state index in [4.69, 9.17) is 9.47 Å². The monoisotopic (exact) mass is 319 g/mol. The van der Waals surface area contributed by atoms with Crippen LogP contribution in [0.25, 0.3) is 0 Å². The minimum atomic E-state index is -0.107. The number of pyridine rings is 1. The van der Waals surface area contributed by atoms with E-state index in [2.05, 4.69) is 4.98 Å². The maximum absolute atomic E-state index is 12.2. The van der Waals surface area contributed by atoms with E-state index < -0.39 is 0 Å². The van der Waals surface area contributed by atoms with Crippen molar-refractivity contribution in [2.45, 2.75) is 6.61 Å². The van der Waals surface area contributed by atoms with Crippen molar-refractivity contribution >= 4 is 5.78 Å². The number of hydrogen-bond donors (Lipinski definition) is 0. The SMILES string of the molecule is O=C(COc1cccnc1)c1cccc(OCc2ccccc2)c1. The molecular formula is C20H17NO3. The molecule has 0 unspecified atom stereocenters. The van der Waals surface area contributed by atoms with Gasteiger partial charge < -0.3 is 9.47 Å². The van der Waals surface area contributed by atoms with Crippen LogP contribution in [0.2, 0.25) is 0 Å². The zero-order chi connectivity index (χ0) is 16.6. The van der Waals surface area contributed by atoms with Gasteiger partial charge in [-0.2, -0.15) is 0 Å². The summed E-state index contributed by atoms with van der Waals surface area (Å²) < 4.78 is 11.2. The van der Waals surface area contributed by atoms with Gasteiger partial charge in [-0.3, -0.25) is 9.78 Å². The second-order valence-corrected chi connectivity index (χ2v) is 5.20. The number of carbonyl (C=O) groups is 1. The van der Waals surface area contributed by atoms with E-state index in [0.29, 0.717) is 23.7 Å². The van der Waals surface area contributed by atoms with Crippen molar-refractivity contribution in [3.8, 4) is 11.5 Å². The molecular weight excluding hydrogens is 302 g/mol. The minimum absolute atomic E-state index is 0.0339. The van der Waals surface area contributed by atoms with Crippen LogP contribution < -0.4 is 9.47 Å². The quantitative estimate of drug-likeness (QED) is 0.619. The summed E-state index contributed by atoms with van der Waals surface area (Å²) in [5, 5.41) is 0. The lowest BCUT2D eigenvalue weighted by Crippen LogP contribution is -2.11. The number of carbonyl (C=O) groups excluding carboxylic acids is 1. The Morgan fingerprint density at radius 3 is 2.50 bits per heavy atom. The maximum Gasteiger partial charge on any atom is 0.200 e. The fraction of sp³-hybridized carbons (Fsp3) is 0.100. The van der Waals surface area contributed by atoms with E-state index in [1.807, 2.05) is 36.4 Å². The fourth-order valence-corrected chi connectivity index (χ4v) is 2.16. The van der Waals surface area contributed by atoms with Crippen LogP contribution in [0.3, 0.4) is 0 Å². The second-order valence-electron chi connectivity index (χ2n) is 5.20. The summed E-state index contributed by atoms with van der Waals surface area (Å²) in [6.45, 7) is 0.429. The van der Waals surface area contributed by atoms with Crippen LogP contribution in [0.5, 0.6) is 11.5 Å². The van der Waals surface area contributed by atoms with E-state index in [1.165, 1.54) is 0 Å². The molecule has 0 atom stereocenters. The van der Waals surface area contributed by atoms with Crippen LogP contribution in [0.4, 0.5) is 0 Å². The van der Waals surface area contributed by atoms with Crippen molar-refractivity contribution in [1.82, 2.24) is 4.98 Å². The van der Waals surface area contributed by atoms with Crippen LogP contribution in [0.1, 0.15) is 15.9 Å². The van der Waals surface area contributed by atoms with Crippen LogP contribution in [0.15, 0.2) is 79.1 Å². The van der Waals surface area contributed by atoms with Crippen molar-refractivity contribution in [2.75, 3.05) is 6.61 Å². The number of aromatic nitrogens is 1. The molecule has 1 heterocycles. The predicted molar refractivity (Wildman–Crippen MR) is 91.3 cm³/mol. The average molecular weight is 319 g/mol. The summed E-state index contributed by atoms with van der Waals surface area (Å²) in [6, 6.07) is 20.5. The smallest absolute Gasteiger partial charge is 0.200 e. The molecule has 0 aliphatic carbocycles. The van der Waals surface area contributed by atoms with Gasteiger partial charge in [0.15, 0.2) is 12.4 Å². The average Bonchev–Trinajstić information content (AvgIpc) is 2.66. The summed E-state index contributed by atoms with van der Waals surface area (Å²) in [5.41, 5.74) is 1.64. The van der Waals surface area contributed by atoms with Gasteiger partial charge in [-0.15, -0.1) is 0 Å². The van der Waals surface area contributed by atoms with Crippen LogP contribution in [0, 0.1) is 0 Å². The molecule has 0 saturated carbocycles. The van der Waals surface area contributed by atoms with Crippen LogP contribution >= 0.6 is 0 Å². The van der Waals surface area contributed by atoms with E-state index >= 15 is 0 Å². The zero-order valence-electron chi connectivity index (χ0n) is 13.1. The van der Waals surface area contributed by atoms with Gasteiger partial charge in [0.05, 0.1) is 6.20 Å². The molecule has 0 fully saturated rings. The summed E-state index contributed by atoms with van der Waals surface area (Å²) >= 11 is 0. The molecule has 0 aliphatic heterocycles.